The summed E-state index contributed by atoms with van der Waals surface area (Å²) >= 11 is 0. The van der Waals surface area contributed by atoms with Crippen LogP contribution in [0, 0.1) is 5.82 Å². The first-order valence-electron chi connectivity index (χ1n) is 11.2. The molecule has 5 rings (SSSR count). The average molecular weight is 439 g/mol. The summed E-state index contributed by atoms with van der Waals surface area (Å²) in [4.78, 5) is 27.3. The van der Waals surface area contributed by atoms with Gasteiger partial charge in [0.25, 0.3) is 0 Å². The Balaban J connectivity index is 1.28. The van der Waals surface area contributed by atoms with Crippen molar-refractivity contribution in [3.05, 3.63) is 30.3 Å². The fourth-order valence-electron chi connectivity index (χ4n) is 4.75. The molecule has 32 heavy (non-hydrogen) atoms. The number of amides is 2. The molecule has 3 aromatic rings. The molecular formula is C22H27FN8O. The summed E-state index contributed by atoms with van der Waals surface area (Å²) in [5.74, 6) is 0.00705. The molecule has 168 valence electrons. The van der Waals surface area contributed by atoms with Gasteiger partial charge in [-0.2, -0.15) is 5.10 Å². The smallest absolute Gasteiger partial charge is 0.317 e. The molecule has 0 aromatic carbocycles. The number of fused-ring (bicyclic) bond motifs is 1. The Morgan fingerprint density at radius 2 is 2.09 bits per heavy atom. The third kappa shape index (κ3) is 4.09. The number of hydrogen-bond donors (Lipinski definition) is 3. The first-order chi connectivity index (χ1) is 15.6. The van der Waals surface area contributed by atoms with Crippen LogP contribution in [0.3, 0.4) is 0 Å². The Kier molecular flexibility index (Phi) is 5.59. The van der Waals surface area contributed by atoms with Crippen molar-refractivity contribution in [2.24, 2.45) is 0 Å². The van der Waals surface area contributed by atoms with Crippen LogP contribution in [-0.4, -0.2) is 60.8 Å². The zero-order valence-electron chi connectivity index (χ0n) is 18.0. The van der Waals surface area contributed by atoms with Crippen LogP contribution in [-0.2, 0) is 0 Å². The molecule has 0 unspecified atom stereocenters. The van der Waals surface area contributed by atoms with E-state index in [0.717, 1.165) is 50.5 Å². The average Bonchev–Trinajstić information content (AvgIpc) is 3.42. The highest BCUT2D eigenvalue weighted by Crippen LogP contribution is 2.27. The topological polar surface area (TPSA) is 112 Å². The molecule has 3 aromatic heterocycles. The van der Waals surface area contributed by atoms with Gasteiger partial charge in [-0.05, 0) is 57.6 Å². The van der Waals surface area contributed by atoms with E-state index in [2.05, 4.69) is 42.7 Å². The number of H-pyrrole nitrogens is 1. The zero-order valence-corrected chi connectivity index (χ0v) is 18.0. The molecule has 3 atom stereocenters. The van der Waals surface area contributed by atoms with E-state index in [1.807, 2.05) is 17.0 Å². The fraction of sp³-hybridized carbons (Fsp3) is 0.500. The monoisotopic (exact) mass is 438 g/mol. The Hall–Kier alpha value is -3.30. The molecule has 10 heteroatoms. The van der Waals surface area contributed by atoms with Gasteiger partial charge in [-0.3, -0.25) is 5.10 Å². The molecule has 1 aliphatic heterocycles. The van der Waals surface area contributed by atoms with E-state index in [0.29, 0.717) is 17.2 Å². The van der Waals surface area contributed by atoms with Crippen LogP contribution in [0.25, 0.3) is 22.6 Å². The first kappa shape index (κ1) is 20.6. The second kappa shape index (κ2) is 8.68. The first-order valence-corrected chi connectivity index (χ1v) is 11.2. The predicted molar refractivity (Wildman–Crippen MR) is 118 cm³/mol. The standard InChI is InChI=1S/C22H27FN8O/c1-13-5-4-10-31(13)22(32)27-15-7-2-6-14(11-15)26-20-17(23)12-25-21(28-20)18-16-8-3-9-24-19(16)30-29-18/h3,8-9,12-15H,2,4-7,10-11H2,1H3,(H,27,32)(H,24,29,30)(H,25,26,28)/t13-,14-,15+/m0/s1. The molecule has 2 fully saturated rings. The van der Waals surface area contributed by atoms with Gasteiger partial charge in [-0.15, -0.1) is 0 Å². The van der Waals surface area contributed by atoms with Gasteiger partial charge in [0.1, 0.15) is 5.69 Å². The minimum Gasteiger partial charge on any atom is -0.365 e. The van der Waals surface area contributed by atoms with Crippen LogP contribution < -0.4 is 10.6 Å². The molecule has 0 bridgehead atoms. The van der Waals surface area contributed by atoms with Gasteiger partial charge in [-0.1, -0.05) is 0 Å². The highest BCUT2D eigenvalue weighted by molar-refractivity contribution is 5.88. The number of nitrogens with one attached hydrogen (secondary N) is 3. The number of nitrogens with zero attached hydrogens (tertiary/aromatic N) is 5. The maximum Gasteiger partial charge on any atom is 0.317 e. The largest absolute Gasteiger partial charge is 0.365 e. The van der Waals surface area contributed by atoms with Gasteiger partial charge in [-0.25, -0.2) is 24.1 Å². The summed E-state index contributed by atoms with van der Waals surface area (Å²) in [5, 5.41) is 14.3. The molecule has 2 amide bonds. The van der Waals surface area contributed by atoms with Gasteiger partial charge in [0, 0.05) is 36.3 Å². The quantitative estimate of drug-likeness (QED) is 0.575. The van der Waals surface area contributed by atoms with Gasteiger partial charge in [0.15, 0.2) is 23.1 Å². The van der Waals surface area contributed by atoms with Crippen molar-refractivity contribution in [2.45, 2.75) is 63.6 Å². The number of aromatic amines is 1. The molecule has 4 heterocycles. The van der Waals surface area contributed by atoms with Crippen LogP contribution in [0.4, 0.5) is 15.0 Å². The number of aromatic nitrogens is 5. The van der Waals surface area contributed by atoms with E-state index in [-0.39, 0.29) is 30.0 Å². The summed E-state index contributed by atoms with van der Waals surface area (Å²) in [6.45, 7) is 2.90. The number of likely N-dealkylation sites (tertiary alicyclic amines) is 1. The van der Waals surface area contributed by atoms with Crippen LogP contribution in [0.2, 0.25) is 0 Å². The van der Waals surface area contributed by atoms with E-state index in [9.17, 15) is 9.18 Å². The lowest BCUT2D eigenvalue weighted by atomic mass is 9.91. The van der Waals surface area contributed by atoms with Gasteiger partial charge < -0.3 is 15.5 Å². The van der Waals surface area contributed by atoms with E-state index in [1.54, 1.807) is 6.20 Å². The van der Waals surface area contributed by atoms with Crippen molar-refractivity contribution in [1.82, 2.24) is 35.4 Å². The molecule has 9 nitrogen and oxygen atoms in total. The van der Waals surface area contributed by atoms with E-state index in [4.69, 9.17) is 0 Å². The zero-order chi connectivity index (χ0) is 22.1. The lowest BCUT2D eigenvalue weighted by Crippen LogP contribution is -2.48. The summed E-state index contributed by atoms with van der Waals surface area (Å²) in [5.41, 5.74) is 1.16. The molecule has 0 radical (unpaired) electrons. The van der Waals surface area contributed by atoms with Crippen molar-refractivity contribution in [3.63, 3.8) is 0 Å². The number of anilines is 1. The number of carbonyl (C=O) groups is 1. The molecule has 1 saturated carbocycles. The minimum absolute atomic E-state index is 0.0101. The number of hydrogen-bond acceptors (Lipinski definition) is 6. The van der Waals surface area contributed by atoms with E-state index >= 15 is 0 Å². The second-order valence-electron chi connectivity index (χ2n) is 8.70. The Morgan fingerprint density at radius 1 is 1.22 bits per heavy atom. The Labute approximate surface area is 185 Å². The number of carbonyl (C=O) groups excluding carboxylic acids is 1. The van der Waals surface area contributed by atoms with Gasteiger partial charge in [0.05, 0.1) is 6.20 Å². The molecule has 1 saturated heterocycles. The van der Waals surface area contributed by atoms with Crippen molar-refractivity contribution < 1.29 is 9.18 Å². The van der Waals surface area contributed by atoms with Crippen molar-refractivity contribution in [3.8, 4) is 11.5 Å². The maximum atomic E-state index is 14.5. The third-order valence-electron chi connectivity index (χ3n) is 6.45. The summed E-state index contributed by atoms with van der Waals surface area (Å²) < 4.78 is 14.5. The number of urea groups is 1. The summed E-state index contributed by atoms with van der Waals surface area (Å²) in [7, 11) is 0. The highest BCUT2D eigenvalue weighted by atomic mass is 19.1. The van der Waals surface area contributed by atoms with Crippen molar-refractivity contribution in [1.29, 1.82) is 0 Å². The number of rotatable bonds is 4. The number of halogens is 1. The molecule has 3 N–H and O–H groups in total. The lowest BCUT2D eigenvalue weighted by molar-refractivity contribution is 0.187. The van der Waals surface area contributed by atoms with Crippen LogP contribution in [0.1, 0.15) is 45.4 Å². The highest BCUT2D eigenvalue weighted by Gasteiger charge is 2.29. The number of pyridine rings is 1. The van der Waals surface area contributed by atoms with E-state index < -0.39 is 5.82 Å². The van der Waals surface area contributed by atoms with Crippen molar-refractivity contribution in [2.75, 3.05) is 11.9 Å². The Morgan fingerprint density at radius 3 is 2.94 bits per heavy atom. The van der Waals surface area contributed by atoms with Crippen LogP contribution in [0.5, 0.6) is 0 Å². The van der Waals surface area contributed by atoms with Crippen LogP contribution in [0.15, 0.2) is 24.5 Å². The summed E-state index contributed by atoms with van der Waals surface area (Å²) in [6.07, 6.45) is 8.44. The SMILES string of the molecule is C[C@H]1CCCN1C(=O)N[C@@H]1CCC[C@H](Nc2nc(-c3[nH]nc4ncccc34)ncc2F)C1. The Bertz CT molecular complexity index is 1120. The van der Waals surface area contributed by atoms with Gasteiger partial charge in [0.2, 0.25) is 0 Å². The minimum atomic E-state index is -0.507. The van der Waals surface area contributed by atoms with Gasteiger partial charge >= 0.3 is 6.03 Å². The second-order valence-corrected chi connectivity index (χ2v) is 8.70. The molecule has 0 spiro atoms. The molecule has 1 aliphatic carbocycles. The fourth-order valence-corrected chi connectivity index (χ4v) is 4.75. The maximum absolute atomic E-state index is 14.5. The third-order valence-corrected chi connectivity index (χ3v) is 6.45. The lowest BCUT2D eigenvalue weighted by Gasteiger charge is -2.32. The molecule has 2 aliphatic rings. The van der Waals surface area contributed by atoms with Crippen molar-refractivity contribution >= 4 is 22.9 Å². The normalized spacial score (nSPS) is 23.4. The predicted octanol–water partition coefficient (Wildman–Crippen LogP) is 3.47. The molecular weight excluding hydrogens is 411 g/mol. The van der Waals surface area contributed by atoms with E-state index in [1.165, 1.54) is 6.20 Å². The van der Waals surface area contributed by atoms with Crippen LogP contribution >= 0.6 is 0 Å². The summed E-state index contributed by atoms with van der Waals surface area (Å²) in [6, 6.07) is 4.06.